The molecule has 1 aromatic carbocycles. The van der Waals surface area contributed by atoms with E-state index in [1.807, 2.05) is 30.5 Å². The van der Waals surface area contributed by atoms with Crippen molar-refractivity contribution in [2.45, 2.75) is 26.3 Å². The number of hydrogen-bond donors (Lipinski definition) is 2. The zero-order valence-corrected chi connectivity index (χ0v) is 12.6. The van der Waals surface area contributed by atoms with Crippen LogP contribution in [0.5, 0.6) is 0 Å². The number of pyridine rings is 1. The summed E-state index contributed by atoms with van der Waals surface area (Å²) in [5.41, 5.74) is 8.60. The SMILES string of the molecule is CCC(C)N(C)CCNc1ccnc2cc(N)ccc12. The molecule has 4 heteroatoms. The summed E-state index contributed by atoms with van der Waals surface area (Å²) in [6.45, 7) is 6.41. The fraction of sp³-hybridized carbons (Fsp3) is 0.438. The lowest BCUT2D eigenvalue weighted by Crippen LogP contribution is -2.32. The van der Waals surface area contributed by atoms with Gasteiger partial charge in [0.25, 0.3) is 0 Å². The molecule has 0 fully saturated rings. The van der Waals surface area contributed by atoms with E-state index in [0.717, 1.165) is 35.4 Å². The van der Waals surface area contributed by atoms with Crippen LogP contribution >= 0.6 is 0 Å². The minimum atomic E-state index is 0.616. The third kappa shape index (κ3) is 3.39. The molecule has 0 amide bonds. The summed E-state index contributed by atoms with van der Waals surface area (Å²) in [4.78, 5) is 6.73. The number of anilines is 2. The molecule has 0 saturated carbocycles. The predicted octanol–water partition coefficient (Wildman–Crippen LogP) is 2.96. The Balaban J connectivity index is 2.03. The second-order valence-corrected chi connectivity index (χ2v) is 5.30. The van der Waals surface area contributed by atoms with Gasteiger partial charge in [0.15, 0.2) is 0 Å². The van der Waals surface area contributed by atoms with Crippen LogP contribution in [-0.4, -0.2) is 36.1 Å². The van der Waals surface area contributed by atoms with Gasteiger partial charge in [-0.25, -0.2) is 0 Å². The zero-order chi connectivity index (χ0) is 14.5. The number of benzene rings is 1. The van der Waals surface area contributed by atoms with Crippen molar-refractivity contribution in [3.8, 4) is 0 Å². The molecule has 1 aromatic heterocycles. The number of nitrogens with one attached hydrogen (secondary N) is 1. The van der Waals surface area contributed by atoms with Gasteiger partial charge in [-0.2, -0.15) is 0 Å². The molecule has 20 heavy (non-hydrogen) atoms. The van der Waals surface area contributed by atoms with E-state index in [2.05, 4.69) is 36.1 Å². The normalized spacial score (nSPS) is 12.8. The molecular formula is C16H24N4. The Morgan fingerprint density at radius 3 is 2.90 bits per heavy atom. The molecule has 0 spiro atoms. The van der Waals surface area contributed by atoms with Crippen LogP contribution in [0.2, 0.25) is 0 Å². The average Bonchev–Trinajstić information content (AvgIpc) is 2.46. The van der Waals surface area contributed by atoms with Gasteiger partial charge in [-0.05, 0) is 44.7 Å². The molecule has 4 nitrogen and oxygen atoms in total. The third-order valence-electron chi connectivity index (χ3n) is 3.89. The molecule has 0 bridgehead atoms. The molecule has 0 aliphatic rings. The van der Waals surface area contributed by atoms with Crippen molar-refractivity contribution in [2.75, 3.05) is 31.2 Å². The number of aromatic nitrogens is 1. The molecule has 0 saturated heterocycles. The van der Waals surface area contributed by atoms with Crippen molar-refractivity contribution in [3.05, 3.63) is 30.5 Å². The lowest BCUT2D eigenvalue weighted by atomic mass is 10.1. The van der Waals surface area contributed by atoms with Crippen LogP contribution in [0.15, 0.2) is 30.5 Å². The highest BCUT2D eigenvalue weighted by Crippen LogP contribution is 2.23. The molecule has 2 aromatic rings. The molecule has 108 valence electrons. The Morgan fingerprint density at radius 2 is 2.15 bits per heavy atom. The number of likely N-dealkylation sites (N-methyl/N-ethyl adjacent to an activating group) is 1. The Morgan fingerprint density at radius 1 is 1.35 bits per heavy atom. The van der Waals surface area contributed by atoms with Gasteiger partial charge < -0.3 is 16.0 Å². The van der Waals surface area contributed by atoms with Gasteiger partial charge in [0.1, 0.15) is 0 Å². The van der Waals surface area contributed by atoms with Crippen molar-refractivity contribution >= 4 is 22.3 Å². The Labute approximate surface area is 121 Å². The van der Waals surface area contributed by atoms with Gasteiger partial charge in [-0.1, -0.05) is 6.92 Å². The van der Waals surface area contributed by atoms with E-state index in [-0.39, 0.29) is 0 Å². The smallest absolute Gasteiger partial charge is 0.0743 e. The van der Waals surface area contributed by atoms with Crippen LogP contribution < -0.4 is 11.1 Å². The topological polar surface area (TPSA) is 54.2 Å². The van der Waals surface area contributed by atoms with Crippen LogP contribution in [0.25, 0.3) is 10.9 Å². The van der Waals surface area contributed by atoms with E-state index in [4.69, 9.17) is 5.73 Å². The average molecular weight is 272 g/mol. The molecule has 0 radical (unpaired) electrons. The highest BCUT2D eigenvalue weighted by atomic mass is 15.1. The van der Waals surface area contributed by atoms with Crippen LogP contribution in [0, 0.1) is 0 Å². The van der Waals surface area contributed by atoms with Gasteiger partial charge in [0, 0.05) is 42.1 Å². The Kier molecular flexibility index (Phi) is 4.79. The van der Waals surface area contributed by atoms with Crippen LogP contribution in [0.3, 0.4) is 0 Å². The Bertz CT molecular complexity index is 567. The number of rotatable bonds is 6. The first-order chi connectivity index (χ1) is 9.61. The van der Waals surface area contributed by atoms with Crippen molar-refractivity contribution in [2.24, 2.45) is 0 Å². The summed E-state index contributed by atoms with van der Waals surface area (Å²) >= 11 is 0. The summed E-state index contributed by atoms with van der Waals surface area (Å²) in [6.07, 6.45) is 3.00. The van der Waals surface area contributed by atoms with E-state index in [0.29, 0.717) is 6.04 Å². The van der Waals surface area contributed by atoms with Crippen LogP contribution in [0.4, 0.5) is 11.4 Å². The van der Waals surface area contributed by atoms with Gasteiger partial charge >= 0.3 is 0 Å². The number of nitrogens with two attached hydrogens (primary N) is 1. The first-order valence-electron chi connectivity index (χ1n) is 7.20. The summed E-state index contributed by atoms with van der Waals surface area (Å²) in [5, 5.41) is 4.61. The summed E-state index contributed by atoms with van der Waals surface area (Å²) in [7, 11) is 2.17. The van der Waals surface area contributed by atoms with Gasteiger partial charge in [0.05, 0.1) is 5.52 Å². The van der Waals surface area contributed by atoms with E-state index in [1.54, 1.807) is 0 Å². The maximum atomic E-state index is 5.80. The van der Waals surface area contributed by atoms with Gasteiger partial charge in [-0.3, -0.25) is 4.98 Å². The molecule has 0 aliphatic heterocycles. The number of fused-ring (bicyclic) bond motifs is 1. The second kappa shape index (κ2) is 6.57. The fourth-order valence-electron chi connectivity index (χ4n) is 2.22. The fourth-order valence-corrected chi connectivity index (χ4v) is 2.22. The summed E-state index contributed by atoms with van der Waals surface area (Å²) in [5.74, 6) is 0. The highest BCUT2D eigenvalue weighted by Gasteiger charge is 2.06. The number of nitrogen functional groups attached to an aromatic ring is 1. The molecule has 1 unspecified atom stereocenters. The number of nitrogens with zero attached hydrogens (tertiary/aromatic N) is 2. The second-order valence-electron chi connectivity index (χ2n) is 5.30. The lowest BCUT2D eigenvalue weighted by Gasteiger charge is -2.23. The van der Waals surface area contributed by atoms with E-state index < -0.39 is 0 Å². The van der Waals surface area contributed by atoms with E-state index in [9.17, 15) is 0 Å². The molecule has 0 aliphatic carbocycles. The predicted molar refractivity (Wildman–Crippen MR) is 87.0 cm³/mol. The van der Waals surface area contributed by atoms with Gasteiger partial charge in [0.2, 0.25) is 0 Å². The minimum Gasteiger partial charge on any atom is -0.399 e. The van der Waals surface area contributed by atoms with Crippen LogP contribution in [-0.2, 0) is 0 Å². The first-order valence-corrected chi connectivity index (χ1v) is 7.20. The van der Waals surface area contributed by atoms with E-state index in [1.165, 1.54) is 6.42 Å². The molecule has 2 rings (SSSR count). The summed E-state index contributed by atoms with van der Waals surface area (Å²) in [6, 6.07) is 8.48. The standard InChI is InChI=1S/C16H24N4/c1-4-12(2)20(3)10-9-19-15-7-8-18-16-11-13(17)5-6-14(15)16/h5-8,11-12H,4,9-10,17H2,1-3H3,(H,18,19). The van der Waals surface area contributed by atoms with Crippen molar-refractivity contribution in [3.63, 3.8) is 0 Å². The third-order valence-corrected chi connectivity index (χ3v) is 3.89. The van der Waals surface area contributed by atoms with Crippen molar-refractivity contribution in [1.29, 1.82) is 0 Å². The minimum absolute atomic E-state index is 0.616. The quantitative estimate of drug-likeness (QED) is 0.794. The molecule has 3 N–H and O–H groups in total. The first kappa shape index (κ1) is 14.6. The van der Waals surface area contributed by atoms with Crippen LogP contribution in [0.1, 0.15) is 20.3 Å². The number of hydrogen-bond acceptors (Lipinski definition) is 4. The monoisotopic (exact) mass is 272 g/mol. The van der Waals surface area contributed by atoms with E-state index >= 15 is 0 Å². The Hall–Kier alpha value is -1.81. The lowest BCUT2D eigenvalue weighted by molar-refractivity contribution is 0.261. The maximum absolute atomic E-state index is 5.80. The summed E-state index contributed by atoms with van der Waals surface area (Å²) < 4.78 is 0. The maximum Gasteiger partial charge on any atom is 0.0743 e. The highest BCUT2D eigenvalue weighted by molar-refractivity contribution is 5.92. The zero-order valence-electron chi connectivity index (χ0n) is 12.6. The van der Waals surface area contributed by atoms with Crippen molar-refractivity contribution < 1.29 is 0 Å². The molecular weight excluding hydrogens is 248 g/mol. The molecule has 1 atom stereocenters. The van der Waals surface area contributed by atoms with Crippen molar-refractivity contribution in [1.82, 2.24) is 9.88 Å². The largest absolute Gasteiger partial charge is 0.399 e. The van der Waals surface area contributed by atoms with Gasteiger partial charge in [-0.15, -0.1) is 0 Å². The molecule has 1 heterocycles.